The van der Waals surface area contributed by atoms with E-state index >= 15 is 0 Å². The maximum atomic E-state index is 13.7. The number of anilines is 2. The number of carbonyl (C=O) groups is 1. The molecule has 4 N–H and O–H groups in total. The maximum absolute atomic E-state index is 13.7. The van der Waals surface area contributed by atoms with Crippen molar-refractivity contribution in [2.75, 3.05) is 19.5 Å². The van der Waals surface area contributed by atoms with Crippen LogP contribution in [0.1, 0.15) is 43.9 Å². The minimum Gasteiger partial charge on any atom is -0.481 e. The number of halogens is 1. The molecule has 0 spiro atoms. The number of nitrogens with zero attached hydrogens (tertiary/aromatic N) is 3. The normalized spacial score (nSPS) is 12.9. The fourth-order valence-electron chi connectivity index (χ4n) is 3.73. The second-order valence-electron chi connectivity index (χ2n) is 8.81. The van der Waals surface area contributed by atoms with E-state index in [1.807, 2.05) is 13.8 Å². The van der Waals surface area contributed by atoms with E-state index in [0.717, 1.165) is 0 Å². The molecule has 0 fully saturated rings. The van der Waals surface area contributed by atoms with Crippen molar-refractivity contribution in [3.8, 4) is 23.0 Å². The molecule has 38 heavy (non-hydrogen) atoms. The zero-order valence-corrected chi connectivity index (χ0v) is 21.6. The Balaban J connectivity index is 2.07. The van der Waals surface area contributed by atoms with Gasteiger partial charge in [0.25, 0.3) is 0 Å². The predicted molar refractivity (Wildman–Crippen MR) is 140 cm³/mol. The molecule has 0 aliphatic carbocycles. The molecule has 3 aromatic rings. The highest BCUT2D eigenvalue weighted by Crippen LogP contribution is 2.33. The minimum absolute atomic E-state index is 0.0805. The third kappa shape index (κ3) is 7.46. The zero-order chi connectivity index (χ0) is 27.8. The second kappa shape index (κ2) is 12.9. The predicted octanol–water partition coefficient (Wildman–Crippen LogP) is 4.16. The Hall–Kier alpha value is -4.09. The summed E-state index contributed by atoms with van der Waals surface area (Å²) in [5.74, 6) is -0.755. The first-order valence-electron chi connectivity index (χ1n) is 11.9. The van der Waals surface area contributed by atoms with Crippen LogP contribution in [-0.2, 0) is 4.79 Å². The molecule has 2 atom stereocenters. The number of nitrogens with one attached hydrogen (secondary N) is 1. The fraction of sp³-hybridized carbons (Fsp3) is 0.333. The molecule has 0 saturated carbocycles. The molecule has 0 aliphatic heterocycles. The Bertz CT molecular complexity index is 1280. The van der Waals surface area contributed by atoms with Crippen LogP contribution in [0.4, 0.5) is 16.0 Å². The first-order chi connectivity index (χ1) is 18.1. The monoisotopic (exact) mass is 526 g/mol. The highest BCUT2D eigenvalue weighted by Gasteiger charge is 2.19. The Morgan fingerprint density at radius 2 is 1.76 bits per heavy atom. The molecule has 0 saturated heterocycles. The third-order valence-corrected chi connectivity index (χ3v) is 5.53. The Morgan fingerprint density at radius 1 is 1.05 bits per heavy atom. The average Bonchev–Trinajstić information content (AvgIpc) is 2.87. The highest BCUT2D eigenvalue weighted by molar-refractivity contribution is 5.75. The molecule has 2 aromatic heterocycles. The van der Waals surface area contributed by atoms with Crippen molar-refractivity contribution in [1.29, 1.82) is 0 Å². The number of hydrogen-bond donors (Lipinski definition) is 4. The molecule has 202 valence electrons. The first-order valence-corrected chi connectivity index (χ1v) is 11.9. The highest BCUT2D eigenvalue weighted by atomic mass is 19.1. The molecule has 0 bridgehead atoms. The number of hydrogen-bond acceptors (Lipinski definition) is 9. The number of benzene rings is 1. The second-order valence-corrected chi connectivity index (χ2v) is 8.81. The van der Waals surface area contributed by atoms with Crippen molar-refractivity contribution in [2.45, 2.75) is 44.8 Å². The van der Waals surface area contributed by atoms with Gasteiger partial charge in [-0.3, -0.25) is 4.79 Å². The molecule has 3 rings (SSSR count). The van der Waals surface area contributed by atoms with Gasteiger partial charge in [-0.1, -0.05) is 26.0 Å². The fourth-order valence-corrected chi connectivity index (χ4v) is 3.73. The van der Waals surface area contributed by atoms with Gasteiger partial charge in [-0.15, -0.1) is 0 Å². The number of carboxylic acids is 1. The van der Waals surface area contributed by atoms with E-state index in [1.54, 1.807) is 30.3 Å². The van der Waals surface area contributed by atoms with Gasteiger partial charge in [0.15, 0.2) is 0 Å². The number of carboxylic acid groups (broad SMARTS) is 1. The van der Waals surface area contributed by atoms with E-state index in [9.17, 15) is 19.4 Å². The molecule has 0 radical (unpaired) electrons. The summed E-state index contributed by atoms with van der Waals surface area (Å²) >= 11 is 0. The van der Waals surface area contributed by atoms with Gasteiger partial charge in [0.05, 0.1) is 44.2 Å². The van der Waals surface area contributed by atoms with E-state index in [1.165, 1.54) is 32.4 Å². The van der Waals surface area contributed by atoms with Gasteiger partial charge in [0, 0.05) is 23.6 Å². The van der Waals surface area contributed by atoms with Gasteiger partial charge >= 0.3 is 5.97 Å². The SMILES string of the molecule is COc1ccc(Nc2nc(-c3ccc(F)cc3)c(/C=C/[C@@H](O)C[C@@H](O)CC(=O)O)c(C(C)C)n2)c(OC)n1. The number of ether oxygens (including phenoxy) is 2. The first kappa shape index (κ1) is 28.5. The van der Waals surface area contributed by atoms with Crippen molar-refractivity contribution in [3.63, 3.8) is 0 Å². The summed E-state index contributed by atoms with van der Waals surface area (Å²) in [5, 5.41) is 32.2. The number of pyridine rings is 1. The lowest BCUT2D eigenvalue weighted by molar-refractivity contribution is -0.139. The number of aliphatic hydroxyl groups excluding tert-OH is 2. The summed E-state index contributed by atoms with van der Waals surface area (Å²) in [6, 6.07) is 9.19. The zero-order valence-electron chi connectivity index (χ0n) is 21.6. The number of methoxy groups -OCH3 is 2. The van der Waals surface area contributed by atoms with Crippen molar-refractivity contribution in [2.24, 2.45) is 0 Å². The smallest absolute Gasteiger partial charge is 0.305 e. The standard InChI is InChI=1S/C27H31FN4O6/c1-15(2)24-20(10-9-18(33)13-19(34)14-23(35)36)25(16-5-7-17(28)8-6-16)32-27(31-24)29-21-11-12-22(37-3)30-26(21)38-4/h5-12,15,18-19,33-34H,13-14H2,1-4H3,(H,35,36)(H,29,31,32)/b10-9+/t18-,19-/m1/s1. The molecule has 0 aliphatic rings. The lowest BCUT2D eigenvalue weighted by Crippen LogP contribution is -2.19. The van der Waals surface area contributed by atoms with E-state index in [4.69, 9.17) is 19.6 Å². The summed E-state index contributed by atoms with van der Waals surface area (Å²) in [4.78, 5) is 24.5. The van der Waals surface area contributed by atoms with E-state index in [0.29, 0.717) is 34.1 Å². The van der Waals surface area contributed by atoms with Crippen molar-refractivity contribution in [1.82, 2.24) is 15.0 Å². The van der Waals surface area contributed by atoms with E-state index in [-0.39, 0.29) is 24.2 Å². The van der Waals surface area contributed by atoms with Gasteiger partial charge in [-0.2, -0.15) is 4.98 Å². The van der Waals surface area contributed by atoms with Crippen molar-refractivity contribution in [3.05, 3.63) is 59.5 Å². The number of rotatable bonds is 12. The molecule has 1 aromatic carbocycles. The van der Waals surface area contributed by atoms with Gasteiger partial charge in [-0.05, 0) is 36.2 Å². The molecular weight excluding hydrogens is 495 g/mol. The van der Waals surface area contributed by atoms with Crippen molar-refractivity contribution < 1.29 is 34.0 Å². The Morgan fingerprint density at radius 3 is 2.37 bits per heavy atom. The summed E-state index contributed by atoms with van der Waals surface area (Å²) in [6.07, 6.45) is 0.131. The van der Waals surface area contributed by atoms with Crippen LogP contribution in [0.25, 0.3) is 17.3 Å². The van der Waals surface area contributed by atoms with E-state index in [2.05, 4.69) is 15.3 Å². The Kier molecular flexibility index (Phi) is 9.69. The Labute approximate surface area is 219 Å². The number of aliphatic carboxylic acids is 1. The quantitative estimate of drug-likeness (QED) is 0.271. The van der Waals surface area contributed by atoms with Crippen LogP contribution in [-0.4, -0.2) is 62.7 Å². The lowest BCUT2D eigenvalue weighted by atomic mass is 9.97. The lowest BCUT2D eigenvalue weighted by Gasteiger charge is -2.18. The number of aromatic nitrogens is 3. The summed E-state index contributed by atoms with van der Waals surface area (Å²) in [5.41, 5.74) is 2.81. The van der Waals surface area contributed by atoms with Crippen molar-refractivity contribution >= 4 is 23.7 Å². The van der Waals surface area contributed by atoms with Gasteiger partial charge in [0.1, 0.15) is 11.5 Å². The summed E-state index contributed by atoms with van der Waals surface area (Å²) < 4.78 is 24.2. The summed E-state index contributed by atoms with van der Waals surface area (Å²) in [7, 11) is 2.97. The minimum atomic E-state index is -1.20. The van der Waals surface area contributed by atoms with Crippen LogP contribution in [0.3, 0.4) is 0 Å². The topological polar surface area (TPSA) is 147 Å². The maximum Gasteiger partial charge on any atom is 0.305 e. The van der Waals surface area contributed by atoms with Gasteiger partial charge < -0.3 is 30.1 Å². The van der Waals surface area contributed by atoms with E-state index < -0.39 is 30.4 Å². The molecule has 11 heteroatoms. The third-order valence-electron chi connectivity index (χ3n) is 5.53. The largest absolute Gasteiger partial charge is 0.481 e. The number of aliphatic hydroxyl groups is 2. The van der Waals surface area contributed by atoms with Crippen LogP contribution in [0.5, 0.6) is 11.8 Å². The molecule has 0 unspecified atom stereocenters. The summed E-state index contributed by atoms with van der Waals surface area (Å²) in [6.45, 7) is 3.89. The van der Waals surface area contributed by atoms with Crippen LogP contribution >= 0.6 is 0 Å². The van der Waals surface area contributed by atoms with Crippen LogP contribution in [0.15, 0.2) is 42.5 Å². The van der Waals surface area contributed by atoms with Gasteiger partial charge in [-0.25, -0.2) is 14.4 Å². The molecule has 0 amide bonds. The molecule has 2 heterocycles. The average molecular weight is 527 g/mol. The van der Waals surface area contributed by atoms with Crippen LogP contribution in [0, 0.1) is 5.82 Å². The van der Waals surface area contributed by atoms with Gasteiger partial charge in [0.2, 0.25) is 17.7 Å². The molecule has 10 nitrogen and oxygen atoms in total. The molecular formula is C27H31FN4O6. The van der Waals surface area contributed by atoms with Crippen LogP contribution < -0.4 is 14.8 Å². The van der Waals surface area contributed by atoms with Crippen LogP contribution in [0.2, 0.25) is 0 Å².